The van der Waals surface area contributed by atoms with Crippen LogP contribution < -0.4 is 0 Å². The fraction of sp³-hybridized carbons (Fsp3) is 0.636. The van der Waals surface area contributed by atoms with E-state index in [-0.39, 0.29) is 11.4 Å². The molecule has 4 fully saturated rings. The molecule has 4 aliphatic rings. The maximum Gasteiger partial charge on any atom is 0.223 e. The summed E-state index contributed by atoms with van der Waals surface area (Å²) in [6, 6.07) is 3.82. The van der Waals surface area contributed by atoms with E-state index in [0.29, 0.717) is 47.0 Å². The van der Waals surface area contributed by atoms with Crippen LogP contribution in [-0.2, 0) is 11.3 Å². The predicted octanol–water partition coefficient (Wildman–Crippen LogP) is 3.41. The second kappa shape index (κ2) is 7.46. The summed E-state index contributed by atoms with van der Waals surface area (Å²) >= 11 is 6.13. The third-order valence-electron chi connectivity index (χ3n) is 7.14. The van der Waals surface area contributed by atoms with Gasteiger partial charge in [-0.25, -0.2) is 9.37 Å². The van der Waals surface area contributed by atoms with Gasteiger partial charge in [0.15, 0.2) is 0 Å². The number of halogens is 2. The molecule has 1 amide bonds. The van der Waals surface area contributed by atoms with Gasteiger partial charge in [0, 0.05) is 50.2 Å². The van der Waals surface area contributed by atoms with Crippen molar-refractivity contribution < 1.29 is 9.18 Å². The van der Waals surface area contributed by atoms with E-state index >= 15 is 0 Å². The largest absolute Gasteiger partial charge is 0.341 e. The van der Waals surface area contributed by atoms with Crippen LogP contribution >= 0.6 is 11.6 Å². The molecule has 2 unspecified atom stereocenters. The molecule has 5 heterocycles. The van der Waals surface area contributed by atoms with Crippen molar-refractivity contribution >= 4 is 28.5 Å². The number of aromatic amines is 1. The average molecular weight is 434 g/mol. The number of piperidine rings is 2. The minimum Gasteiger partial charge on any atom is -0.341 e. The molecule has 30 heavy (non-hydrogen) atoms. The van der Waals surface area contributed by atoms with E-state index in [1.54, 1.807) is 0 Å². The lowest BCUT2D eigenvalue weighted by atomic mass is 9.86. The summed E-state index contributed by atoms with van der Waals surface area (Å²) in [5.74, 6) is 0.775. The number of likely N-dealkylation sites (tertiary alicyclic amines) is 1. The fourth-order valence-corrected chi connectivity index (χ4v) is 5.82. The smallest absolute Gasteiger partial charge is 0.223 e. The normalized spacial score (nSPS) is 26.9. The molecule has 1 aromatic carbocycles. The number of nitrogens with one attached hydrogen (secondary N) is 1. The molecular formula is C22H29ClFN5O. The van der Waals surface area contributed by atoms with Crippen LogP contribution in [0.2, 0.25) is 5.02 Å². The van der Waals surface area contributed by atoms with Crippen LogP contribution in [0, 0.1) is 5.82 Å². The number of fused-ring (bicyclic) bond motifs is 3. The number of carbonyl (C=O) groups is 1. The number of H-pyrrole nitrogens is 1. The standard InChI is InChI=1S/C22H29ClFN5O/c1-22(2)5-3-4-20(30)29(22)7-6-28-15-10-16(28)12-27(11-15)13-19-25-18-9-14(24)8-17(23)21(18)26-19/h8-9,15-16H,3-7,10-13H2,1-2H3,(H,25,26). The number of benzene rings is 1. The summed E-state index contributed by atoms with van der Waals surface area (Å²) in [7, 11) is 0. The maximum absolute atomic E-state index is 13.6. The molecule has 2 aromatic rings. The highest BCUT2D eigenvalue weighted by molar-refractivity contribution is 6.34. The van der Waals surface area contributed by atoms with Crippen LogP contribution in [0.3, 0.4) is 0 Å². The summed E-state index contributed by atoms with van der Waals surface area (Å²) in [5.41, 5.74) is 1.25. The first kappa shape index (κ1) is 20.2. The van der Waals surface area contributed by atoms with Crippen molar-refractivity contribution in [3.63, 3.8) is 0 Å². The molecule has 162 valence electrons. The Kier molecular flexibility index (Phi) is 5.03. The van der Waals surface area contributed by atoms with E-state index in [9.17, 15) is 9.18 Å². The van der Waals surface area contributed by atoms with Crippen LogP contribution in [0.15, 0.2) is 12.1 Å². The van der Waals surface area contributed by atoms with Gasteiger partial charge in [-0.3, -0.25) is 14.6 Å². The van der Waals surface area contributed by atoms with Gasteiger partial charge in [-0.1, -0.05) is 11.6 Å². The summed E-state index contributed by atoms with van der Waals surface area (Å²) < 4.78 is 13.6. The zero-order chi connectivity index (χ0) is 21.0. The van der Waals surface area contributed by atoms with Gasteiger partial charge < -0.3 is 9.88 Å². The zero-order valence-electron chi connectivity index (χ0n) is 17.6. The van der Waals surface area contributed by atoms with Crippen molar-refractivity contribution in [2.75, 3.05) is 26.2 Å². The van der Waals surface area contributed by atoms with E-state index in [1.165, 1.54) is 18.6 Å². The van der Waals surface area contributed by atoms with Crippen LogP contribution in [0.5, 0.6) is 0 Å². The summed E-state index contributed by atoms with van der Waals surface area (Å²) in [6.07, 6.45) is 4.01. The molecule has 0 saturated carbocycles. The molecule has 8 heteroatoms. The number of hydrogen-bond acceptors (Lipinski definition) is 4. The molecular weight excluding hydrogens is 405 g/mol. The Morgan fingerprint density at radius 3 is 2.77 bits per heavy atom. The quantitative estimate of drug-likeness (QED) is 0.785. The first-order valence-electron chi connectivity index (χ1n) is 10.9. The zero-order valence-corrected chi connectivity index (χ0v) is 18.4. The fourth-order valence-electron chi connectivity index (χ4n) is 5.57. The van der Waals surface area contributed by atoms with Gasteiger partial charge in [-0.2, -0.15) is 0 Å². The highest BCUT2D eigenvalue weighted by Gasteiger charge is 2.45. The first-order valence-corrected chi connectivity index (χ1v) is 11.3. The van der Waals surface area contributed by atoms with Crippen molar-refractivity contribution in [2.24, 2.45) is 0 Å². The first-order chi connectivity index (χ1) is 14.3. The Balaban J connectivity index is 1.18. The van der Waals surface area contributed by atoms with Crippen LogP contribution in [-0.4, -0.2) is 74.4 Å². The van der Waals surface area contributed by atoms with E-state index in [4.69, 9.17) is 11.6 Å². The number of hydrogen-bond donors (Lipinski definition) is 1. The minimum absolute atomic E-state index is 0.0244. The molecule has 1 N–H and O–H groups in total. The highest BCUT2D eigenvalue weighted by Crippen LogP contribution is 2.34. The van der Waals surface area contributed by atoms with Crippen molar-refractivity contribution in [3.05, 3.63) is 28.8 Å². The molecule has 4 aliphatic heterocycles. The Labute approximate surface area is 181 Å². The van der Waals surface area contributed by atoms with Crippen LogP contribution in [0.25, 0.3) is 11.0 Å². The lowest BCUT2D eigenvalue weighted by Crippen LogP contribution is -2.69. The third kappa shape index (κ3) is 3.61. The number of piperazine rings is 1. The number of aromatic nitrogens is 2. The minimum atomic E-state index is -0.354. The molecule has 6 nitrogen and oxygen atoms in total. The van der Waals surface area contributed by atoms with Crippen molar-refractivity contribution in [3.8, 4) is 0 Å². The molecule has 1 aromatic heterocycles. The van der Waals surface area contributed by atoms with Gasteiger partial charge in [0.25, 0.3) is 0 Å². The van der Waals surface area contributed by atoms with Gasteiger partial charge in [0.1, 0.15) is 17.2 Å². The SMILES string of the molecule is CC1(C)CCCC(=O)N1CCN1C2CC1CN(Cc1nc3c(Cl)cc(F)cc3[nH]1)C2. The Morgan fingerprint density at radius 1 is 1.27 bits per heavy atom. The van der Waals surface area contributed by atoms with Gasteiger partial charge in [-0.15, -0.1) is 0 Å². The van der Waals surface area contributed by atoms with E-state index in [2.05, 4.69) is 38.5 Å². The van der Waals surface area contributed by atoms with Gasteiger partial charge in [0.05, 0.1) is 17.1 Å². The van der Waals surface area contributed by atoms with Crippen molar-refractivity contribution in [2.45, 2.75) is 63.7 Å². The molecule has 2 bridgehead atoms. The van der Waals surface area contributed by atoms with E-state index in [1.807, 2.05) is 0 Å². The third-order valence-corrected chi connectivity index (χ3v) is 7.43. The summed E-state index contributed by atoms with van der Waals surface area (Å²) in [5, 5.41) is 0.343. The molecule has 0 radical (unpaired) electrons. The molecule has 6 rings (SSSR count). The van der Waals surface area contributed by atoms with Crippen molar-refractivity contribution in [1.82, 2.24) is 24.7 Å². The number of carbonyl (C=O) groups excluding carboxylic acids is 1. The second-order valence-electron chi connectivity index (χ2n) is 9.65. The van der Waals surface area contributed by atoms with E-state index in [0.717, 1.165) is 44.8 Å². The monoisotopic (exact) mass is 433 g/mol. The predicted molar refractivity (Wildman–Crippen MR) is 115 cm³/mol. The second-order valence-corrected chi connectivity index (χ2v) is 10.1. The van der Waals surface area contributed by atoms with Gasteiger partial charge in [-0.05, 0) is 45.2 Å². The highest BCUT2D eigenvalue weighted by atomic mass is 35.5. The number of rotatable bonds is 5. The molecule has 0 aliphatic carbocycles. The molecule has 0 spiro atoms. The van der Waals surface area contributed by atoms with Crippen LogP contribution in [0.1, 0.15) is 45.4 Å². The van der Waals surface area contributed by atoms with E-state index < -0.39 is 0 Å². The Bertz CT molecular complexity index is 964. The Hall–Kier alpha value is -1.70. The Morgan fingerprint density at radius 2 is 2.03 bits per heavy atom. The molecule has 4 saturated heterocycles. The van der Waals surface area contributed by atoms with Gasteiger partial charge in [0.2, 0.25) is 5.91 Å². The summed E-state index contributed by atoms with van der Waals surface area (Å²) in [4.78, 5) is 27.3. The van der Waals surface area contributed by atoms with Gasteiger partial charge >= 0.3 is 0 Å². The number of nitrogens with zero attached hydrogens (tertiary/aromatic N) is 4. The number of amides is 1. The lowest BCUT2D eigenvalue weighted by molar-refractivity contribution is -0.142. The average Bonchev–Trinajstić information content (AvgIpc) is 3.06. The van der Waals surface area contributed by atoms with Crippen molar-refractivity contribution in [1.29, 1.82) is 0 Å². The van der Waals surface area contributed by atoms with Crippen LogP contribution in [0.4, 0.5) is 4.39 Å². The topological polar surface area (TPSA) is 55.5 Å². The number of imidazole rings is 1. The lowest BCUT2D eigenvalue weighted by Gasteiger charge is -2.57. The summed E-state index contributed by atoms with van der Waals surface area (Å²) in [6.45, 7) is 8.86. The maximum atomic E-state index is 13.6. The molecule has 2 atom stereocenters.